The van der Waals surface area contributed by atoms with Gasteiger partial charge in [-0.3, -0.25) is 14.7 Å². The number of ether oxygens (including phenoxy) is 1. The first-order valence-electron chi connectivity index (χ1n) is 13.8. The molecule has 0 saturated carbocycles. The number of benzene rings is 2. The van der Waals surface area contributed by atoms with Crippen LogP contribution in [0.5, 0.6) is 5.75 Å². The summed E-state index contributed by atoms with van der Waals surface area (Å²) in [6.45, 7) is 4.68. The number of thiophene rings is 1. The number of carbonyl (C=O) groups excluding carboxylic acids is 1. The van der Waals surface area contributed by atoms with E-state index in [1.54, 1.807) is 38.4 Å². The highest BCUT2D eigenvalue weighted by Gasteiger charge is 2.27. The van der Waals surface area contributed by atoms with Gasteiger partial charge < -0.3 is 15.2 Å². The van der Waals surface area contributed by atoms with E-state index >= 15 is 4.39 Å². The molecule has 0 fully saturated rings. The smallest absolute Gasteiger partial charge is 0.274 e. The molecule has 1 atom stereocenters. The van der Waals surface area contributed by atoms with E-state index in [1.165, 1.54) is 16.0 Å². The van der Waals surface area contributed by atoms with E-state index in [2.05, 4.69) is 27.2 Å². The quantitative estimate of drug-likeness (QED) is 0.186. The number of fused-ring (bicyclic) bond motifs is 2. The van der Waals surface area contributed by atoms with Crippen molar-refractivity contribution in [3.8, 4) is 39.5 Å². The van der Waals surface area contributed by atoms with E-state index < -0.39 is 17.7 Å². The first-order valence-corrected chi connectivity index (χ1v) is 14.7. The van der Waals surface area contributed by atoms with E-state index in [0.717, 1.165) is 18.2 Å². The maximum Gasteiger partial charge on any atom is 0.274 e. The number of aromatic nitrogens is 5. The second-order valence-corrected chi connectivity index (χ2v) is 11.1. The van der Waals surface area contributed by atoms with E-state index in [0.29, 0.717) is 49.1 Å². The Hall–Kier alpha value is -5.27. The van der Waals surface area contributed by atoms with Crippen LogP contribution < -0.4 is 15.6 Å². The number of rotatable bonds is 9. The molecule has 1 amide bonds. The number of carbonyl (C=O) groups is 1. The Morgan fingerprint density at radius 1 is 1.18 bits per heavy atom. The molecule has 4 heterocycles. The molecule has 0 aliphatic carbocycles. The lowest BCUT2D eigenvalue weighted by molar-refractivity contribution is -0.117. The number of hydrogen-bond donors (Lipinski definition) is 3. The summed E-state index contributed by atoms with van der Waals surface area (Å²) in [5.74, 6) is -2.22. The van der Waals surface area contributed by atoms with Crippen molar-refractivity contribution in [1.29, 1.82) is 0 Å². The Labute approximate surface area is 258 Å². The lowest BCUT2D eigenvalue weighted by atomic mass is 9.96. The number of nitrogens with zero attached hydrogens (tertiary/aromatic N) is 4. The van der Waals surface area contributed by atoms with Gasteiger partial charge in [0.25, 0.3) is 5.56 Å². The fourth-order valence-electron chi connectivity index (χ4n) is 5.14. The van der Waals surface area contributed by atoms with Crippen LogP contribution in [-0.4, -0.2) is 49.2 Å². The van der Waals surface area contributed by atoms with Crippen LogP contribution in [0.25, 0.3) is 54.6 Å². The molecule has 3 N–H and O–H groups in total. The Kier molecular flexibility index (Phi) is 7.96. The van der Waals surface area contributed by atoms with Crippen LogP contribution in [0.2, 0.25) is 0 Å². The van der Waals surface area contributed by atoms with Crippen LogP contribution in [0.4, 0.5) is 8.78 Å². The molecule has 228 valence electrons. The van der Waals surface area contributed by atoms with Crippen molar-refractivity contribution >= 4 is 38.1 Å². The van der Waals surface area contributed by atoms with E-state index in [1.807, 2.05) is 17.5 Å². The van der Waals surface area contributed by atoms with Crippen molar-refractivity contribution in [2.24, 2.45) is 7.05 Å². The summed E-state index contributed by atoms with van der Waals surface area (Å²) < 4.78 is 37.7. The molecule has 0 radical (unpaired) electrons. The standard InChI is InChI=1S/C32H26F2N6O4S/c1-4-26(42)36-16(2)23-14-24(39-38-23)30-28(27-22(34)12-19(33)13-25(27)44-9-8-41)31-21(7-10-45-31)29(37-30)17-5-6-20-18(11-17)15-35-40(3)32(20)43/h4-7,10-16,41H,1,8-9H2,2-3H3,(H,36,42)(H,38,39). The first-order chi connectivity index (χ1) is 21.7. The van der Waals surface area contributed by atoms with Crippen molar-refractivity contribution in [2.75, 3.05) is 13.2 Å². The third kappa shape index (κ3) is 5.47. The summed E-state index contributed by atoms with van der Waals surface area (Å²) in [4.78, 5) is 29.6. The third-order valence-corrected chi connectivity index (χ3v) is 8.23. The molecule has 0 spiro atoms. The van der Waals surface area contributed by atoms with Gasteiger partial charge in [0.1, 0.15) is 35.4 Å². The van der Waals surface area contributed by atoms with Crippen molar-refractivity contribution in [3.63, 3.8) is 0 Å². The molecule has 6 aromatic rings. The minimum Gasteiger partial charge on any atom is -0.490 e. The molecule has 6 rings (SSSR count). The second kappa shape index (κ2) is 12.0. The van der Waals surface area contributed by atoms with Gasteiger partial charge in [-0.1, -0.05) is 12.6 Å². The summed E-state index contributed by atoms with van der Waals surface area (Å²) in [6.07, 6.45) is 2.75. The van der Waals surface area contributed by atoms with Gasteiger partial charge >= 0.3 is 0 Å². The second-order valence-electron chi connectivity index (χ2n) is 10.2. The van der Waals surface area contributed by atoms with E-state index in [9.17, 15) is 19.1 Å². The minimum atomic E-state index is -0.886. The number of aliphatic hydroxyl groups is 1. The maximum absolute atomic E-state index is 15.8. The van der Waals surface area contributed by atoms with Gasteiger partial charge in [-0.15, -0.1) is 11.3 Å². The van der Waals surface area contributed by atoms with Gasteiger partial charge in [-0.05, 0) is 42.6 Å². The van der Waals surface area contributed by atoms with Gasteiger partial charge in [0, 0.05) is 45.8 Å². The summed E-state index contributed by atoms with van der Waals surface area (Å²) in [5, 5.41) is 27.3. The van der Waals surface area contributed by atoms with E-state index in [-0.39, 0.29) is 41.7 Å². The summed E-state index contributed by atoms with van der Waals surface area (Å²) >= 11 is 1.33. The summed E-state index contributed by atoms with van der Waals surface area (Å²) in [5.41, 5.74) is 2.35. The topological polar surface area (TPSA) is 135 Å². The number of aromatic amines is 1. The third-order valence-electron chi connectivity index (χ3n) is 7.30. The molecule has 2 aromatic carbocycles. The highest BCUT2D eigenvalue weighted by atomic mass is 32.1. The van der Waals surface area contributed by atoms with Crippen molar-refractivity contribution in [2.45, 2.75) is 13.0 Å². The number of hydrogen-bond acceptors (Lipinski definition) is 8. The van der Waals surface area contributed by atoms with Gasteiger partial charge in [0.2, 0.25) is 5.91 Å². The fourth-order valence-corrected chi connectivity index (χ4v) is 6.09. The molecule has 1 unspecified atom stereocenters. The van der Waals surface area contributed by atoms with Gasteiger partial charge in [0.05, 0.1) is 41.2 Å². The highest BCUT2D eigenvalue weighted by molar-refractivity contribution is 7.18. The van der Waals surface area contributed by atoms with Crippen LogP contribution in [0.15, 0.2) is 71.5 Å². The normalized spacial score (nSPS) is 12.0. The molecular formula is C32H26F2N6O4S. The fraction of sp³-hybridized carbons (Fsp3) is 0.156. The maximum atomic E-state index is 15.8. The Balaban J connectivity index is 1.64. The predicted octanol–water partition coefficient (Wildman–Crippen LogP) is 5.28. The van der Waals surface area contributed by atoms with Crippen LogP contribution in [0, 0.1) is 11.6 Å². The lowest BCUT2D eigenvalue weighted by Crippen LogP contribution is -2.24. The SMILES string of the molecule is C=CC(=O)NC(C)c1cc(-c2nc(-c3ccc4c(=O)n(C)ncc4c3)c3ccsc3c2-c2c(F)cc(F)cc2OCCO)n[nH]1. The Morgan fingerprint density at radius 3 is 2.78 bits per heavy atom. The van der Waals surface area contributed by atoms with Crippen molar-refractivity contribution in [1.82, 2.24) is 30.3 Å². The van der Waals surface area contributed by atoms with Crippen LogP contribution >= 0.6 is 11.3 Å². The molecule has 0 aliphatic rings. The number of halogens is 2. The molecule has 4 aromatic heterocycles. The number of nitrogens with one attached hydrogen (secondary N) is 2. The molecule has 0 aliphatic heterocycles. The highest BCUT2D eigenvalue weighted by Crippen LogP contribution is 2.47. The van der Waals surface area contributed by atoms with Gasteiger partial charge in [0.15, 0.2) is 0 Å². The zero-order valence-electron chi connectivity index (χ0n) is 24.1. The Morgan fingerprint density at radius 2 is 2.00 bits per heavy atom. The molecular weight excluding hydrogens is 602 g/mol. The number of amides is 1. The zero-order valence-corrected chi connectivity index (χ0v) is 24.9. The van der Waals surface area contributed by atoms with Crippen molar-refractivity contribution < 1.29 is 23.4 Å². The van der Waals surface area contributed by atoms with Crippen LogP contribution in [0.3, 0.4) is 0 Å². The number of aliphatic hydroxyl groups excluding tert-OH is 1. The molecule has 13 heteroatoms. The molecule has 0 saturated heterocycles. The summed E-state index contributed by atoms with van der Waals surface area (Å²) in [7, 11) is 1.58. The Bertz CT molecular complexity index is 2170. The molecule has 45 heavy (non-hydrogen) atoms. The number of pyridine rings is 1. The molecule has 10 nitrogen and oxygen atoms in total. The van der Waals surface area contributed by atoms with Gasteiger partial charge in [-0.2, -0.15) is 10.2 Å². The van der Waals surface area contributed by atoms with Crippen LogP contribution in [0.1, 0.15) is 18.7 Å². The average Bonchev–Trinajstić information content (AvgIpc) is 3.72. The number of aryl methyl sites for hydroxylation is 1. The monoisotopic (exact) mass is 628 g/mol. The predicted molar refractivity (Wildman–Crippen MR) is 168 cm³/mol. The zero-order chi connectivity index (χ0) is 31.8. The average molecular weight is 629 g/mol. The van der Waals surface area contributed by atoms with Crippen LogP contribution in [-0.2, 0) is 11.8 Å². The number of H-pyrrole nitrogens is 1. The minimum absolute atomic E-state index is 0.0462. The largest absolute Gasteiger partial charge is 0.490 e. The van der Waals surface area contributed by atoms with Crippen molar-refractivity contribution in [3.05, 3.63) is 94.4 Å². The lowest BCUT2D eigenvalue weighted by Gasteiger charge is -2.17. The van der Waals surface area contributed by atoms with Gasteiger partial charge in [-0.25, -0.2) is 18.4 Å². The molecule has 0 bridgehead atoms. The van der Waals surface area contributed by atoms with E-state index in [4.69, 9.17) is 9.72 Å². The summed E-state index contributed by atoms with van der Waals surface area (Å²) in [6, 6.07) is 10.2. The first kappa shape index (κ1) is 29.8.